The lowest BCUT2D eigenvalue weighted by atomic mass is 9.77. The molecule has 1 aromatic carbocycles. The Morgan fingerprint density at radius 2 is 1.88 bits per heavy atom. The molecule has 4 atom stereocenters. The van der Waals surface area contributed by atoms with E-state index in [2.05, 4.69) is 5.32 Å². The fraction of sp³-hybridized carbons (Fsp3) is 0.632. The lowest BCUT2D eigenvalue weighted by Crippen LogP contribution is -2.62. The maximum atomic E-state index is 14.3. The van der Waals surface area contributed by atoms with E-state index < -0.39 is 69.1 Å². The molecule has 1 aromatic rings. The van der Waals surface area contributed by atoms with E-state index in [-0.39, 0.29) is 18.7 Å². The van der Waals surface area contributed by atoms with Crippen LogP contribution in [-0.2, 0) is 19.6 Å². The van der Waals surface area contributed by atoms with Crippen molar-refractivity contribution in [3.63, 3.8) is 0 Å². The SMILES string of the molecule is COc1c([C@H]2[C@H](C(=O)NC3CN(S(C)(=O)=O)C3)O[C@@](C)(C(F)(F)F)[C@H]2C)ccc(F)c1F. The summed E-state index contributed by atoms with van der Waals surface area (Å²) in [4.78, 5) is 12.9. The molecule has 2 fully saturated rings. The van der Waals surface area contributed by atoms with Crippen molar-refractivity contribution >= 4 is 15.9 Å². The third-order valence-corrected chi connectivity index (χ3v) is 7.47. The predicted octanol–water partition coefficient (Wildman–Crippen LogP) is 2.17. The molecular formula is C19H23F5N2O5S. The second kappa shape index (κ2) is 8.10. The van der Waals surface area contributed by atoms with Gasteiger partial charge >= 0.3 is 6.18 Å². The second-order valence-corrected chi connectivity index (χ2v) is 10.2. The summed E-state index contributed by atoms with van der Waals surface area (Å²) in [5.41, 5.74) is -2.90. The number of rotatable bonds is 5. The number of benzene rings is 1. The zero-order chi connectivity index (χ0) is 24.2. The number of sulfonamides is 1. The molecule has 0 bridgehead atoms. The van der Waals surface area contributed by atoms with E-state index in [9.17, 15) is 35.2 Å². The third kappa shape index (κ3) is 4.05. The molecule has 2 heterocycles. The molecule has 0 radical (unpaired) electrons. The van der Waals surface area contributed by atoms with Crippen LogP contribution in [0.15, 0.2) is 12.1 Å². The van der Waals surface area contributed by atoms with Crippen molar-refractivity contribution < 1.29 is 44.6 Å². The van der Waals surface area contributed by atoms with Crippen LogP contribution in [-0.4, -0.2) is 69.0 Å². The number of amides is 1. The molecule has 180 valence electrons. The van der Waals surface area contributed by atoms with E-state index in [1.54, 1.807) is 0 Å². The number of halogens is 5. The number of carbonyl (C=O) groups is 1. The highest BCUT2D eigenvalue weighted by molar-refractivity contribution is 7.88. The van der Waals surface area contributed by atoms with Gasteiger partial charge in [-0.05, 0) is 13.0 Å². The van der Waals surface area contributed by atoms with Gasteiger partial charge in [0.1, 0.15) is 6.10 Å². The molecule has 2 saturated heterocycles. The number of hydrogen-bond acceptors (Lipinski definition) is 5. The van der Waals surface area contributed by atoms with Gasteiger partial charge in [-0.25, -0.2) is 12.8 Å². The second-order valence-electron chi connectivity index (χ2n) is 8.23. The summed E-state index contributed by atoms with van der Waals surface area (Å²) in [5, 5.41) is 2.49. The first-order chi connectivity index (χ1) is 14.6. The first-order valence-electron chi connectivity index (χ1n) is 9.63. The number of nitrogens with one attached hydrogen (secondary N) is 1. The molecule has 0 aliphatic carbocycles. The summed E-state index contributed by atoms with van der Waals surface area (Å²) in [5.74, 6) is -6.86. The van der Waals surface area contributed by atoms with Gasteiger partial charge in [-0.3, -0.25) is 4.79 Å². The van der Waals surface area contributed by atoms with Gasteiger partial charge in [-0.2, -0.15) is 21.9 Å². The smallest absolute Gasteiger partial charge is 0.417 e. The highest BCUT2D eigenvalue weighted by atomic mass is 32.2. The Kier molecular flexibility index (Phi) is 6.24. The Bertz CT molecular complexity index is 1010. The fourth-order valence-corrected chi connectivity index (χ4v) is 5.03. The Morgan fingerprint density at radius 3 is 2.38 bits per heavy atom. The van der Waals surface area contributed by atoms with Crippen LogP contribution < -0.4 is 10.1 Å². The van der Waals surface area contributed by atoms with Crippen molar-refractivity contribution in [2.45, 2.75) is 43.7 Å². The normalized spacial score (nSPS) is 29.6. The molecule has 1 N–H and O–H groups in total. The van der Waals surface area contributed by atoms with E-state index in [1.807, 2.05) is 0 Å². The monoisotopic (exact) mass is 486 g/mol. The van der Waals surface area contributed by atoms with Crippen molar-refractivity contribution in [3.8, 4) is 5.75 Å². The largest absolute Gasteiger partial charge is 0.493 e. The quantitative estimate of drug-likeness (QED) is 0.645. The minimum atomic E-state index is -4.87. The number of alkyl halides is 3. The standard InChI is InChI=1S/C19H23F5N2O5S/c1-9-13(11-5-6-12(20)14(21)15(11)30-3)16(31-18(9,2)19(22,23)24)17(27)25-10-7-26(8-10)32(4,28)29/h5-6,9-10,13,16H,7-8H2,1-4H3,(H,25,27)/t9-,13-,16+,18+/m0/s1. The first-order valence-corrected chi connectivity index (χ1v) is 11.5. The molecule has 0 saturated carbocycles. The topological polar surface area (TPSA) is 84.9 Å². The zero-order valence-electron chi connectivity index (χ0n) is 17.7. The molecule has 0 spiro atoms. The minimum Gasteiger partial charge on any atom is -0.493 e. The minimum absolute atomic E-state index is 0.0391. The Hall–Kier alpha value is -1.99. The summed E-state index contributed by atoms with van der Waals surface area (Å²) >= 11 is 0. The fourth-order valence-electron chi connectivity index (χ4n) is 4.12. The Labute approximate surface area is 181 Å². The van der Waals surface area contributed by atoms with Gasteiger partial charge in [0, 0.05) is 30.5 Å². The highest BCUT2D eigenvalue weighted by Gasteiger charge is 2.66. The van der Waals surface area contributed by atoms with Gasteiger partial charge in [0.15, 0.2) is 17.2 Å². The highest BCUT2D eigenvalue weighted by Crippen LogP contribution is 2.54. The third-order valence-electron chi connectivity index (χ3n) is 6.23. The molecule has 2 aliphatic heterocycles. The van der Waals surface area contributed by atoms with Crippen molar-refractivity contribution in [2.24, 2.45) is 5.92 Å². The molecule has 13 heteroatoms. The van der Waals surface area contributed by atoms with Gasteiger partial charge in [0.25, 0.3) is 0 Å². The lowest BCUT2D eigenvalue weighted by Gasteiger charge is -2.38. The number of hydrogen-bond donors (Lipinski definition) is 1. The van der Waals surface area contributed by atoms with Crippen molar-refractivity contribution in [3.05, 3.63) is 29.3 Å². The molecule has 32 heavy (non-hydrogen) atoms. The summed E-state index contributed by atoms with van der Waals surface area (Å²) in [6, 6.07) is 1.19. The number of methoxy groups -OCH3 is 1. The molecule has 7 nitrogen and oxygen atoms in total. The Morgan fingerprint density at radius 1 is 1.28 bits per heavy atom. The van der Waals surface area contributed by atoms with Gasteiger partial charge in [-0.15, -0.1) is 0 Å². The van der Waals surface area contributed by atoms with Gasteiger partial charge in [0.05, 0.1) is 19.4 Å². The van der Waals surface area contributed by atoms with Crippen LogP contribution in [0.5, 0.6) is 5.75 Å². The average molecular weight is 486 g/mol. The van der Waals surface area contributed by atoms with Crippen LogP contribution in [0.4, 0.5) is 22.0 Å². The maximum Gasteiger partial charge on any atom is 0.417 e. The summed E-state index contributed by atoms with van der Waals surface area (Å²) in [7, 11) is -2.43. The average Bonchev–Trinajstić information content (AvgIpc) is 2.91. The van der Waals surface area contributed by atoms with Crippen LogP contribution in [0.25, 0.3) is 0 Å². The van der Waals surface area contributed by atoms with Crippen molar-refractivity contribution in [1.29, 1.82) is 0 Å². The first kappa shape index (κ1) is 24.6. The molecule has 0 unspecified atom stereocenters. The zero-order valence-corrected chi connectivity index (χ0v) is 18.5. The van der Waals surface area contributed by atoms with E-state index in [4.69, 9.17) is 9.47 Å². The van der Waals surface area contributed by atoms with E-state index in [0.29, 0.717) is 0 Å². The van der Waals surface area contributed by atoms with E-state index in [0.717, 1.165) is 36.7 Å². The molecule has 0 aromatic heterocycles. The molecule has 2 aliphatic rings. The number of nitrogens with zero attached hydrogens (tertiary/aromatic N) is 1. The summed E-state index contributed by atoms with van der Waals surface area (Å²) < 4.78 is 104. The van der Waals surface area contributed by atoms with Crippen LogP contribution in [0, 0.1) is 17.6 Å². The number of carbonyl (C=O) groups excluding carboxylic acids is 1. The van der Waals surface area contributed by atoms with Crippen LogP contribution in [0.1, 0.15) is 25.3 Å². The van der Waals surface area contributed by atoms with E-state index in [1.165, 1.54) is 6.92 Å². The van der Waals surface area contributed by atoms with Crippen molar-refractivity contribution in [1.82, 2.24) is 9.62 Å². The van der Waals surface area contributed by atoms with Gasteiger partial charge < -0.3 is 14.8 Å². The van der Waals surface area contributed by atoms with Crippen LogP contribution >= 0.6 is 0 Å². The number of ether oxygens (including phenoxy) is 2. The van der Waals surface area contributed by atoms with Gasteiger partial charge in [0.2, 0.25) is 21.7 Å². The predicted molar refractivity (Wildman–Crippen MR) is 102 cm³/mol. The lowest BCUT2D eigenvalue weighted by molar-refractivity contribution is -0.272. The van der Waals surface area contributed by atoms with Crippen molar-refractivity contribution in [2.75, 3.05) is 26.5 Å². The maximum absolute atomic E-state index is 14.3. The summed E-state index contributed by atoms with van der Waals surface area (Å²) in [6.07, 6.45) is -5.58. The molecule has 1 amide bonds. The van der Waals surface area contributed by atoms with E-state index >= 15 is 0 Å². The Balaban J connectivity index is 1.96. The van der Waals surface area contributed by atoms with Crippen LogP contribution in [0.3, 0.4) is 0 Å². The molecular weight excluding hydrogens is 463 g/mol. The molecule has 3 rings (SSSR count). The summed E-state index contributed by atoms with van der Waals surface area (Å²) in [6.45, 7) is 1.92. The van der Waals surface area contributed by atoms with Crippen LogP contribution in [0.2, 0.25) is 0 Å². The van der Waals surface area contributed by atoms with Gasteiger partial charge in [-0.1, -0.05) is 13.0 Å².